The molecule has 1 heterocycles. The second kappa shape index (κ2) is 4.67. The van der Waals surface area contributed by atoms with Crippen LogP contribution in [0.1, 0.15) is 27.2 Å². The number of benzene rings is 2. The Hall–Kier alpha value is -2.86. The molecular formula is C17H11NO2. The van der Waals surface area contributed by atoms with Crippen LogP contribution in [0.2, 0.25) is 0 Å². The lowest BCUT2D eigenvalue weighted by Gasteiger charge is -1.97. The Morgan fingerprint density at radius 2 is 1.85 bits per heavy atom. The normalized spacial score (nSPS) is 10.4. The van der Waals surface area contributed by atoms with Gasteiger partial charge in [0.25, 0.3) is 0 Å². The molecule has 0 unspecified atom stereocenters. The Morgan fingerprint density at radius 3 is 2.55 bits per heavy atom. The van der Waals surface area contributed by atoms with Gasteiger partial charge in [-0.2, -0.15) is 5.26 Å². The Labute approximate surface area is 116 Å². The van der Waals surface area contributed by atoms with Gasteiger partial charge >= 0.3 is 0 Å². The first-order valence-corrected chi connectivity index (χ1v) is 6.22. The number of nitrogens with zero attached hydrogens (tertiary/aromatic N) is 1. The van der Waals surface area contributed by atoms with Crippen molar-refractivity contribution < 1.29 is 9.21 Å². The van der Waals surface area contributed by atoms with Gasteiger partial charge in [-0.3, -0.25) is 4.79 Å². The zero-order valence-corrected chi connectivity index (χ0v) is 10.9. The van der Waals surface area contributed by atoms with E-state index < -0.39 is 0 Å². The van der Waals surface area contributed by atoms with Crippen LogP contribution in [0.3, 0.4) is 0 Å². The van der Waals surface area contributed by atoms with Crippen LogP contribution in [0, 0.1) is 18.3 Å². The average Bonchev–Trinajstić information content (AvgIpc) is 2.89. The van der Waals surface area contributed by atoms with Gasteiger partial charge in [0.1, 0.15) is 5.58 Å². The highest BCUT2D eigenvalue weighted by Crippen LogP contribution is 2.22. The molecule has 0 aliphatic heterocycles. The summed E-state index contributed by atoms with van der Waals surface area (Å²) in [5.41, 5.74) is 2.87. The molecule has 0 N–H and O–H groups in total. The van der Waals surface area contributed by atoms with Crippen LogP contribution in [-0.2, 0) is 0 Å². The number of hydrogen-bond acceptors (Lipinski definition) is 3. The summed E-state index contributed by atoms with van der Waals surface area (Å²) < 4.78 is 5.58. The molecule has 3 heteroatoms. The van der Waals surface area contributed by atoms with Crippen molar-refractivity contribution in [3.05, 3.63) is 71.0 Å². The molecule has 3 rings (SSSR count). The first-order chi connectivity index (χ1) is 9.67. The molecule has 2 aromatic carbocycles. The third kappa shape index (κ3) is 2.08. The number of ketones is 1. The fourth-order valence-electron chi connectivity index (χ4n) is 2.11. The zero-order valence-electron chi connectivity index (χ0n) is 10.9. The Balaban J connectivity index is 2.01. The molecule has 0 aliphatic carbocycles. The zero-order chi connectivity index (χ0) is 14.1. The summed E-state index contributed by atoms with van der Waals surface area (Å²) in [6.45, 7) is 1.99. The maximum Gasteiger partial charge on any atom is 0.228 e. The topological polar surface area (TPSA) is 54.0 Å². The highest BCUT2D eigenvalue weighted by atomic mass is 16.3. The number of carbonyl (C=O) groups excluding carboxylic acids is 1. The van der Waals surface area contributed by atoms with Crippen molar-refractivity contribution >= 4 is 16.8 Å². The first kappa shape index (κ1) is 12.2. The van der Waals surface area contributed by atoms with Crippen LogP contribution in [0.4, 0.5) is 0 Å². The Morgan fingerprint density at radius 1 is 1.10 bits per heavy atom. The fourth-order valence-corrected chi connectivity index (χ4v) is 2.11. The number of aryl methyl sites for hydroxylation is 1. The van der Waals surface area contributed by atoms with Gasteiger partial charge in [0.05, 0.1) is 11.6 Å². The molecule has 0 saturated heterocycles. The van der Waals surface area contributed by atoms with Crippen molar-refractivity contribution in [2.75, 3.05) is 0 Å². The van der Waals surface area contributed by atoms with E-state index in [1.165, 1.54) is 0 Å². The van der Waals surface area contributed by atoms with E-state index in [0.717, 1.165) is 10.9 Å². The minimum absolute atomic E-state index is 0.177. The summed E-state index contributed by atoms with van der Waals surface area (Å²) >= 11 is 0. The second-order valence-electron chi connectivity index (χ2n) is 4.67. The van der Waals surface area contributed by atoms with E-state index in [4.69, 9.17) is 9.68 Å². The van der Waals surface area contributed by atoms with E-state index in [1.54, 1.807) is 30.3 Å². The van der Waals surface area contributed by atoms with Crippen molar-refractivity contribution in [2.24, 2.45) is 0 Å². The summed E-state index contributed by atoms with van der Waals surface area (Å²) in [6.07, 6.45) is 0. The lowest BCUT2D eigenvalue weighted by Crippen LogP contribution is -1.99. The van der Waals surface area contributed by atoms with Gasteiger partial charge in [0.2, 0.25) is 5.78 Å². The quantitative estimate of drug-likeness (QED) is 0.658. The molecule has 0 saturated carbocycles. The molecule has 3 nitrogen and oxygen atoms in total. The van der Waals surface area contributed by atoms with Gasteiger partial charge in [0.15, 0.2) is 5.76 Å². The number of fused-ring (bicyclic) bond motifs is 1. The van der Waals surface area contributed by atoms with Crippen molar-refractivity contribution in [1.82, 2.24) is 0 Å². The van der Waals surface area contributed by atoms with Crippen LogP contribution < -0.4 is 0 Å². The molecule has 0 amide bonds. The lowest BCUT2D eigenvalue weighted by molar-refractivity contribution is 0.101. The fraction of sp³-hybridized carbons (Fsp3) is 0.0588. The van der Waals surface area contributed by atoms with Gasteiger partial charge in [-0.25, -0.2) is 0 Å². The Bertz CT molecular complexity index is 836. The van der Waals surface area contributed by atoms with E-state index in [2.05, 4.69) is 0 Å². The molecule has 96 valence electrons. The highest BCUT2D eigenvalue weighted by Gasteiger charge is 2.14. The van der Waals surface area contributed by atoms with Gasteiger partial charge in [-0.1, -0.05) is 11.6 Å². The number of nitriles is 1. The third-order valence-electron chi connectivity index (χ3n) is 3.17. The van der Waals surface area contributed by atoms with Crippen LogP contribution in [0.25, 0.3) is 11.0 Å². The lowest BCUT2D eigenvalue weighted by atomic mass is 10.1. The van der Waals surface area contributed by atoms with Crippen LogP contribution >= 0.6 is 0 Å². The molecule has 1 aromatic heterocycles. The number of hydrogen-bond donors (Lipinski definition) is 0. The number of furan rings is 1. The van der Waals surface area contributed by atoms with Gasteiger partial charge in [-0.05, 0) is 49.4 Å². The number of carbonyl (C=O) groups is 1. The summed E-state index contributed by atoms with van der Waals surface area (Å²) in [4.78, 5) is 12.3. The predicted octanol–water partition coefficient (Wildman–Crippen LogP) is 3.84. The van der Waals surface area contributed by atoms with E-state index in [-0.39, 0.29) is 5.78 Å². The van der Waals surface area contributed by atoms with Gasteiger partial charge < -0.3 is 4.42 Å². The van der Waals surface area contributed by atoms with Crippen molar-refractivity contribution in [1.29, 1.82) is 5.26 Å². The number of rotatable bonds is 2. The van der Waals surface area contributed by atoms with Crippen molar-refractivity contribution in [2.45, 2.75) is 6.92 Å². The molecule has 0 radical (unpaired) electrons. The molecule has 0 spiro atoms. The minimum Gasteiger partial charge on any atom is -0.453 e. The summed E-state index contributed by atoms with van der Waals surface area (Å²) in [6, 6.07) is 16.1. The molecule has 20 heavy (non-hydrogen) atoms. The van der Waals surface area contributed by atoms with E-state index in [9.17, 15) is 4.79 Å². The van der Waals surface area contributed by atoms with Crippen molar-refractivity contribution in [3.63, 3.8) is 0 Å². The monoisotopic (exact) mass is 261 g/mol. The largest absolute Gasteiger partial charge is 0.453 e. The summed E-state index contributed by atoms with van der Waals surface area (Å²) in [5.74, 6) is 0.138. The SMILES string of the molecule is Cc1ccc2oc(C(=O)c3ccc(C#N)cc3)cc2c1. The molecule has 0 aliphatic rings. The maximum atomic E-state index is 12.3. The summed E-state index contributed by atoms with van der Waals surface area (Å²) in [5, 5.41) is 9.67. The average molecular weight is 261 g/mol. The van der Waals surface area contributed by atoms with Gasteiger partial charge in [0, 0.05) is 10.9 Å². The van der Waals surface area contributed by atoms with Crippen LogP contribution in [0.5, 0.6) is 0 Å². The standard InChI is InChI=1S/C17H11NO2/c1-11-2-7-15-14(8-11)9-16(20-15)17(19)13-5-3-12(10-18)4-6-13/h2-9H,1H3. The van der Waals surface area contributed by atoms with E-state index in [1.807, 2.05) is 31.2 Å². The smallest absolute Gasteiger partial charge is 0.228 e. The maximum absolute atomic E-state index is 12.3. The Kier molecular flexibility index (Phi) is 2.85. The van der Waals surface area contributed by atoms with Crippen molar-refractivity contribution in [3.8, 4) is 6.07 Å². The molecule has 0 bridgehead atoms. The second-order valence-corrected chi connectivity index (χ2v) is 4.67. The third-order valence-corrected chi connectivity index (χ3v) is 3.17. The molecular weight excluding hydrogens is 250 g/mol. The van der Waals surface area contributed by atoms with E-state index >= 15 is 0 Å². The van der Waals surface area contributed by atoms with Gasteiger partial charge in [-0.15, -0.1) is 0 Å². The van der Waals surface area contributed by atoms with Crippen LogP contribution in [0.15, 0.2) is 52.9 Å². The molecule has 0 fully saturated rings. The highest BCUT2D eigenvalue weighted by molar-refractivity contribution is 6.09. The molecule has 0 atom stereocenters. The van der Waals surface area contributed by atoms with Crippen LogP contribution in [-0.4, -0.2) is 5.78 Å². The minimum atomic E-state index is -0.177. The summed E-state index contributed by atoms with van der Waals surface area (Å²) in [7, 11) is 0. The first-order valence-electron chi connectivity index (χ1n) is 6.22. The predicted molar refractivity (Wildman–Crippen MR) is 75.5 cm³/mol. The van der Waals surface area contributed by atoms with E-state index in [0.29, 0.717) is 22.5 Å². The molecule has 3 aromatic rings.